The molecule has 52 heavy (non-hydrogen) atoms. The van der Waals surface area contributed by atoms with Gasteiger partial charge in [0.05, 0.1) is 39.9 Å². The van der Waals surface area contributed by atoms with Crippen molar-refractivity contribution in [1.29, 1.82) is 0 Å². The van der Waals surface area contributed by atoms with Gasteiger partial charge in [0.2, 0.25) is 5.91 Å². The molecule has 0 aliphatic carbocycles. The lowest BCUT2D eigenvalue weighted by Gasteiger charge is -2.25. The summed E-state index contributed by atoms with van der Waals surface area (Å²) >= 11 is 0. The highest BCUT2D eigenvalue weighted by Crippen LogP contribution is 2.43. The van der Waals surface area contributed by atoms with Gasteiger partial charge in [-0.15, -0.1) is 0 Å². The fourth-order valence-corrected chi connectivity index (χ4v) is 6.36. The highest BCUT2D eigenvalue weighted by molar-refractivity contribution is 7.47. The number of nitrogens with zero attached hydrogens (tertiary/aromatic N) is 1. The van der Waals surface area contributed by atoms with Gasteiger partial charge in [-0.25, -0.2) is 4.57 Å². The van der Waals surface area contributed by atoms with Crippen LogP contribution in [0.15, 0.2) is 48.6 Å². The summed E-state index contributed by atoms with van der Waals surface area (Å²) in [5.74, 6) is -0.196. The fraction of sp³-hybridized carbons (Fsp3) is 0.791. The molecule has 0 aromatic carbocycles. The number of phosphoric acid groups is 1. The maximum Gasteiger partial charge on any atom is 0.472 e. The summed E-state index contributed by atoms with van der Waals surface area (Å²) in [6.45, 7) is 4.65. The number of amides is 1. The first-order valence-corrected chi connectivity index (χ1v) is 22.5. The van der Waals surface area contributed by atoms with Crippen molar-refractivity contribution in [3.63, 3.8) is 0 Å². The third-order valence-electron chi connectivity index (χ3n) is 9.00. The van der Waals surface area contributed by atoms with E-state index in [0.717, 1.165) is 51.4 Å². The molecule has 0 heterocycles. The average molecular weight is 754 g/mol. The number of likely N-dealkylation sites (N-methyl/N-ethyl adjacent to an activating group) is 1. The predicted molar refractivity (Wildman–Crippen MR) is 221 cm³/mol. The number of nitrogens with one attached hydrogen (secondary N) is 1. The normalized spacial score (nSPS) is 15.0. The first-order valence-electron chi connectivity index (χ1n) is 21.0. The Morgan fingerprint density at radius 2 is 1.15 bits per heavy atom. The maximum atomic E-state index is 12.8. The topological polar surface area (TPSA) is 105 Å². The van der Waals surface area contributed by atoms with Crippen molar-refractivity contribution >= 4 is 13.7 Å². The second kappa shape index (κ2) is 35.2. The van der Waals surface area contributed by atoms with Crippen LogP contribution in [0.25, 0.3) is 0 Å². The van der Waals surface area contributed by atoms with E-state index in [4.69, 9.17) is 9.05 Å². The second-order valence-corrected chi connectivity index (χ2v) is 16.8. The molecule has 0 aliphatic rings. The molecule has 0 aromatic rings. The summed E-state index contributed by atoms with van der Waals surface area (Å²) in [5.41, 5.74) is 0. The molecule has 0 saturated heterocycles. The minimum absolute atomic E-state index is 0.0539. The predicted octanol–water partition coefficient (Wildman–Crippen LogP) is 11.3. The number of aliphatic hydroxyl groups excluding tert-OH is 1. The molecule has 3 unspecified atom stereocenters. The lowest BCUT2D eigenvalue weighted by Crippen LogP contribution is -2.45. The van der Waals surface area contributed by atoms with Crippen LogP contribution in [0.1, 0.15) is 168 Å². The van der Waals surface area contributed by atoms with Crippen molar-refractivity contribution in [1.82, 2.24) is 5.32 Å². The summed E-state index contributed by atoms with van der Waals surface area (Å²) in [5, 5.41) is 13.6. The Kier molecular flexibility index (Phi) is 34.1. The molecule has 0 rings (SSSR count). The van der Waals surface area contributed by atoms with Crippen LogP contribution in [0, 0.1) is 0 Å². The number of carbonyl (C=O) groups is 1. The molecule has 1 amide bonds. The van der Waals surface area contributed by atoms with E-state index < -0.39 is 20.0 Å². The van der Waals surface area contributed by atoms with Gasteiger partial charge in [0.1, 0.15) is 13.2 Å². The van der Waals surface area contributed by atoms with Crippen LogP contribution in [-0.2, 0) is 18.4 Å². The van der Waals surface area contributed by atoms with Gasteiger partial charge in [0.25, 0.3) is 0 Å². The number of hydrogen-bond donors (Lipinski definition) is 3. The minimum Gasteiger partial charge on any atom is -0.387 e. The van der Waals surface area contributed by atoms with Crippen molar-refractivity contribution in [3.05, 3.63) is 48.6 Å². The summed E-state index contributed by atoms with van der Waals surface area (Å²) in [6.07, 6.45) is 43.5. The molecular formula is C43H82N2O6P+. The quantitative estimate of drug-likeness (QED) is 0.0252. The van der Waals surface area contributed by atoms with E-state index >= 15 is 0 Å². The molecule has 304 valence electrons. The van der Waals surface area contributed by atoms with Crippen LogP contribution in [0.2, 0.25) is 0 Å². The van der Waals surface area contributed by atoms with Crippen LogP contribution < -0.4 is 5.32 Å². The molecule has 0 radical (unpaired) electrons. The van der Waals surface area contributed by atoms with Gasteiger partial charge in [0.15, 0.2) is 0 Å². The van der Waals surface area contributed by atoms with E-state index in [1.165, 1.54) is 96.3 Å². The van der Waals surface area contributed by atoms with Gasteiger partial charge >= 0.3 is 7.82 Å². The largest absolute Gasteiger partial charge is 0.472 e. The molecule has 3 N–H and O–H groups in total. The second-order valence-electron chi connectivity index (χ2n) is 15.4. The van der Waals surface area contributed by atoms with E-state index in [1.54, 1.807) is 6.08 Å². The molecule has 0 fully saturated rings. The molecule has 8 nitrogen and oxygen atoms in total. The standard InChI is InChI=1S/C43H81N2O6P/c1-6-8-10-12-14-15-16-17-18-19-20-21-22-23-24-25-26-27-28-29-31-33-35-37-43(47)44-41(42(46)36-34-32-30-13-11-9-7-2)40-51-52(48,49)50-39-38-45(3,4)5/h11,13,16-17,19-20,34,36,41-42,46H,6-10,12,14-15,18,21-33,35,37-40H2,1-5H3,(H-,44,47,48,49)/p+1/b13-11+,17-16-,20-19-,36-34+. The van der Waals surface area contributed by atoms with Crippen LogP contribution in [0.3, 0.4) is 0 Å². The number of allylic oxidation sites excluding steroid dienone is 7. The van der Waals surface area contributed by atoms with Crippen LogP contribution in [0.5, 0.6) is 0 Å². The number of carbonyl (C=O) groups excluding carboxylic acids is 1. The van der Waals surface area contributed by atoms with Crippen molar-refractivity contribution in [2.24, 2.45) is 0 Å². The third kappa shape index (κ3) is 36.8. The molecular weight excluding hydrogens is 671 g/mol. The van der Waals surface area contributed by atoms with Crippen molar-refractivity contribution in [2.75, 3.05) is 40.9 Å². The van der Waals surface area contributed by atoms with E-state index in [0.29, 0.717) is 17.4 Å². The van der Waals surface area contributed by atoms with Crippen molar-refractivity contribution in [2.45, 2.75) is 180 Å². The van der Waals surface area contributed by atoms with E-state index in [-0.39, 0.29) is 19.1 Å². The van der Waals surface area contributed by atoms with Crippen LogP contribution >= 0.6 is 7.82 Å². The number of unbranched alkanes of at least 4 members (excludes halogenated alkanes) is 18. The number of phosphoric ester groups is 1. The van der Waals surface area contributed by atoms with Gasteiger partial charge in [0, 0.05) is 6.42 Å². The monoisotopic (exact) mass is 754 g/mol. The number of quaternary nitrogens is 1. The smallest absolute Gasteiger partial charge is 0.387 e. The van der Waals surface area contributed by atoms with Crippen molar-refractivity contribution < 1.29 is 32.9 Å². The fourth-order valence-electron chi connectivity index (χ4n) is 5.62. The third-order valence-corrected chi connectivity index (χ3v) is 9.99. The molecule has 3 atom stereocenters. The first-order chi connectivity index (χ1) is 25.0. The van der Waals surface area contributed by atoms with Gasteiger partial charge < -0.3 is 19.8 Å². The van der Waals surface area contributed by atoms with Gasteiger partial charge in [-0.3, -0.25) is 13.8 Å². The number of rotatable bonds is 37. The average Bonchev–Trinajstić information content (AvgIpc) is 3.09. The van der Waals surface area contributed by atoms with Gasteiger partial charge in [-0.05, 0) is 57.8 Å². The number of hydrogen-bond acceptors (Lipinski definition) is 5. The first kappa shape index (κ1) is 50.5. The van der Waals surface area contributed by atoms with Crippen molar-refractivity contribution in [3.8, 4) is 0 Å². The van der Waals surface area contributed by atoms with Gasteiger partial charge in [-0.1, -0.05) is 152 Å². The summed E-state index contributed by atoms with van der Waals surface area (Å²) in [7, 11) is 1.54. The van der Waals surface area contributed by atoms with E-state index in [1.807, 2.05) is 27.2 Å². The lowest BCUT2D eigenvalue weighted by atomic mass is 10.0. The van der Waals surface area contributed by atoms with Crippen LogP contribution in [0.4, 0.5) is 0 Å². The summed E-state index contributed by atoms with van der Waals surface area (Å²) in [6, 6.07) is -0.861. The Morgan fingerprint density at radius 3 is 1.71 bits per heavy atom. The van der Waals surface area contributed by atoms with E-state index in [2.05, 4.69) is 55.6 Å². The zero-order valence-corrected chi connectivity index (χ0v) is 35.2. The minimum atomic E-state index is -4.33. The number of aliphatic hydroxyl groups is 1. The molecule has 0 aliphatic heterocycles. The van der Waals surface area contributed by atoms with Gasteiger partial charge in [-0.2, -0.15) is 0 Å². The Labute approximate surface area is 320 Å². The Bertz CT molecular complexity index is 991. The van der Waals surface area contributed by atoms with Crippen LogP contribution in [-0.4, -0.2) is 73.4 Å². The zero-order valence-electron chi connectivity index (χ0n) is 34.3. The molecule has 0 spiro atoms. The SMILES string of the molecule is CCC/C=C/CC/C=C/C(O)C(COP(=O)(O)OCC[N+](C)(C)C)NC(=O)CCCCCCCCCCCCC/C=C\C/C=C\CCCCCCC. The Balaban J connectivity index is 4.19. The molecule has 0 aromatic heterocycles. The molecule has 0 saturated carbocycles. The molecule has 9 heteroatoms. The maximum absolute atomic E-state index is 12.8. The Hall–Kier alpha value is -1.54. The molecule has 0 bridgehead atoms. The lowest BCUT2D eigenvalue weighted by molar-refractivity contribution is -0.870. The zero-order chi connectivity index (χ0) is 38.6. The summed E-state index contributed by atoms with van der Waals surface area (Å²) in [4.78, 5) is 22.9. The summed E-state index contributed by atoms with van der Waals surface area (Å²) < 4.78 is 23.4. The van der Waals surface area contributed by atoms with E-state index in [9.17, 15) is 19.4 Å². The highest BCUT2D eigenvalue weighted by Gasteiger charge is 2.27. The Morgan fingerprint density at radius 1 is 0.654 bits per heavy atom. The highest BCUT2D eigenvalue weighted by atomic mass is 31.2.